The van der Waals surface area contributed by atoms with E-state index in [1.54, 1.807) is 4.90 Å². The molecule has 0 spiro atoms. The molecule has 36 heavy (non-hydrogen) atoms. The number of carbonyl (C=O) groups is 2. The molecule has 2 saturated heterocycles. The first-order chi connectivity index (χ1) is 17.4. The average molecular weight is 530 g/mol. The van der Waals surface area contributed by atoms with Crippen LogP contribution in [0.4, 0.5) is 0 Å². The molecule has 1 saturated carbocycles. The van der Waals surface area contributed by atoms with Crippen LogP contribution in [0, 0.1) is 5.92 Å². The van der Waals surface area contributed by atoms with Crippen molar-refractivity contribution in [1.82, 2.24) is 9.80 Å². The average Bonchev–Trinajstić information content (AvgIpc) is 3.26. The Hall–Kier alpha value is -2.08. The number of hydrogen-bond donors (Lipinski definition) is 1. The summed E-state index contributed by atoms with van der Waals surface area (Å²) in [5.41, 5.74) is 3.28. The van der Waals surface area contributed by atoms with E-state index in [0.717, 1.165) is 42.5 Å². The minimum atomic E-state index is -0.309. The Labute approximate surface area is 223 Å². The molecule has 2 heterocycles. The molecule has 3 fully saturated rings. The quantitative estimate of drug-likeness (QED) is 0.519. The van der Waals surface area contributed by atoms with Crippen molar-refractivity contribution >= 4 is 35.0 Å². The lowest BCUT2D eigenvalue weighted by Gasteiger charge is -2.31. The van der Waals surface area contributed by atoms with Crippen molar-refractivity contribution in [1.29, 1.82) is 0 Å². The van der Waals surface area contributed by atoms with Gasteiger partial charge in [-0.05, 0) is 79.5 Å². The highest BCUT2D eigenvalue weighted by Gasteiger charge is 2.36. The molecule has 2 aliphatic heterocycles. The zero-order valence-electron chi connectivity index (χ0n) is 20.6. The Bertz CT molecular complexity index is 1080. The molecule has 5 nitrogen and oxygen atoms in total. The first-order valence-electron chi connectivity index (χ1n) is 13.3. The molecule has 7 heteroatoms. The number of hydrogen-bond acceptors (Lipinski definition) is 3. The Morgan fingerprint density at radius 1 is 0.861 bits per heavy atom. The van der Waals surface area contributed by atoms with E-state index >= 15 is 0 Å². The van der Waals surface area contributed by atoms with E-state index in [1.807, 2.05) is 36.4 Å². The summed E-state index contributed by atoms with van der Waals surface area (Å²) in [5.74, 6) is 0.180. The third-order valence-corrected chi connectivity index (χ3v) is 8.85. The maximum atomic E-state index is 13.1. The minimum absolute atomic E-state index is 0.0108. The number of amides is 2. The van der Waals surface area contributed by atoms with Gasteiger partial charge in [0.15, 0.2) is 0 Å². The minimum Gasteiger partial charge on any atom is -0.393 e. The van der Waals surface area contributed by atoms with Crippen LogP contribution < -0.4 is 0 Å². The fourth-order valence-corrected chi connectivity index (χ4v) is 6.62. The van der Waals surface area contributed by atoms with Crippen molar-refractivity contribution in [3.05, 3.63) is 57.6 Å². The summed E-state index contributed by atoms with van der Waals surface area (Å²) in [6.45, 7) is 2.00. The molecular formula is C29H34Cl2N2O3. The van der Waals surface area contributed by atoms with Gasteiger partial charge in [0.05, 0.1) is 6.10 Å². The van der Waals surface area contributed by atoms with Gasteiger partial charge in [0, 0.05) is 47.2 Å². The largest absolute Gasteiger partial charge is 0.393 e. The predicted octanol–water partition coefficient (Wildman–Crippen LogP) is 5.98. The Kier molecular flexibility index (Phi) is 7.90. The van der Waals surface area contributed by atoms with Gasteiger partial charge in [-0.3, -0.25) is 9.59 Å². The van der Waals surface area contributed by atoms with E-state index in [-0.39, 0.29) is 23.8 Å². The topological polar surface area (TPSA) is 60.9 Å². The highest BCUT2D eigenvalue weighted by Crippen LogP contribution is 2.36. The van der Waals surface area contributed by atoms with Crippen molar-refractivity contribution in [2.24, 2.45) is 5.92 Å². The van der Waals surface area contributed by atoms with Crippen molar-refractivity contribution in [2.75, 3.05) is 19.6 Å². The Morgan fingerprint density at radius 2 is 1.50 bits per heavy atom. The van der Waals surface area contributed by atoms with Crippen molar-refractivity contribution in [2.45, 2.75) is 69.9 Å². The van der Waals surface area contributed by atoms with Crippen molar-refractivity contribution in [3.8, 4) is 11.1 Å². The van der Waals surface area contributed by atoms with Gasteiger partial charge in [0.25, 0.3) is 5.91 Å². The number of aliphatic hydroxyl groups is 1. The summed E-state index contributed by atoms with van der Waals surface area (Å²) in [5, 5.41) is 10.8. The van der Waals surface area contributed by atoms with Crippen molar-refractivity contribution in [3.63, 3.8) is 0 Å². The lowest BCUT2D eigenvalue weighted by Crippen LogP contribution is -2.40. The summed E-state index contributed by atoms with van der Waals surface area (Å²) in [7, 11) is 0. The predicted molar refractivity (Wildman–Crippen MR) is 143 cm³/mol. The van der Waals surface area contributed by atoms with E-state index in [1.165, 1.54) is 19.3 Å². The maximum Gasteiger partial charge on any atom is 0.253 e. The second-order valence-corrected chi connectivity index (χ2v) is 11.3. The van der Waals surface area contributed by atoms with Gasteiger partial charge >= 0.3 is 0 Å². The molecule has 5 rings (SSSR count). The van der Waals surface area contributed by atoms with Crippen LogP contribution in [-0.2, 0) is 11.2 Å². The highest BCUT2D eigenvalue weighted by molar-refractivity contribution is 6.36. The summed E-state index contributed by atoms with van der Waals surface area (Å²) in [6.07, 6.45) is 8.33. The smallest absolute Gasteiger partial charge is 0.253 e. The second-order valence-electron chi connectivity index (χ2n) is 10.5. The lowest BCUT2D eigenvalue weighted by molar-refractivity contribution is -0.133. The SMILES string of the molecule is O=C(c1ccc(-c2cc(Cl)c(CC3CCN(C4CCCCC4)C3=O)c(Cl)c2)cc1)N1CCC(O)CC1. The van der Waals surface area contributed by atoms with Gasteiger partial charge in [-0.1, -0.05) is 54.6 Å². The summed E-state index contributed by atoms with van der Waals surface area (Å²) in [4.78, 5) is 29.8. The highest BCUT2D eigenvalue weighted by atomic mass is 35.5. The standard InChI is InChI=1S/C29H34Cl2N2O3/c30-26-17-22(19-6-8-20(9-7-19)28(35)32-13-11-24(34)12-14-32)18-27(31)25(26)16-21-10-15-33(29(21)36)23-4-2-1-3-5-23/h6-9,17-18,21,23-24,34H,1-5,10-16H2. The number of rotatable bonds is 5. The van der Waals surface area contributed by atoms with Gasteiger partial charge in [-0.25, -0.2) is 0 Å². The van der Waals surface area contributed by atoms with E-state index in [2.05, 4.69) is 4.90 Å². The fraction of sp³-hybridized carbons (Fsp3) is 0.517. The van der Waals surface area contributed by atoms with Crippen LogP contribution in [0.15, 0.2) is 36.4 Å². The van der Waals surface area contributed by atoms with E-state index in [4.69, 9.17) is 23.2 Å². The number of halogens is 2. The van der Waals surface area contributed by atoms with Crippen LogP contribution in [0.2, 0.25) is 10.0 Å². The van der Waals surface area contributed by atoms with Crippen LogP contribution >= 0.6 is 23.2 Å². The van der Waals surface area contributed by atoms with Gasteiger partial charge in [-0.2, -0.15) is 0 Å². The molecule has 1 atom stereocenters. The lowest BCUT2D eigenvalue weighted by atomic mass is 9.93. The molecule has 0 radical (unpaired) electrons. The molecule has 3 aliphatic rings. The molecule has 0 bridgehead atoms. The molecule has 2 aromatic rings. The van der Waals surface area contributed by atoms with E-state index < -0.39 is 0 Å². The van der Waals surface area contributed by atoms with Crippen LogP contribution in [0.3, 0.4) is 0 Å². The number of likely N-dealkylation sites (tertiary alicyclic amines) is 2. The van der Waals surface area contributed by atoms with Crippen LogP contribution in [0.1, 0.15) is 67.3 Å². The Balaban J connectivity index is 1.26. The summed E-state index contributed by atoms with van der Waals surface area (Å²) in [6, 6.07) is 11.7. The summed E-state index contributed by atoms with van der Waals surface area (Å²) < 4.78 is 0. The molecular weight excluding hydrogens is 495 g/mol. The molecule has 192 valence electrons. The Morgan fingerprint density at radius 3 is 2.14 bits per heavy atom. The van der Waals surface area contributed by atoms with Crippen LogP contribution in [0.25, 0.3) is 11.1 Å². The van der Waals surface area contributed by atoms with Crippen molar-refractivity contribution < 1.29 is 14.7 Å². The first-order valence-corrected chi connectivity index (χ1v) is 14.0. The maximum absolute atomic E-state index is 13.1. The van der Waals surface area contributed by atoms with Crippen LogP contribution in [-0.4, -0.2) is 58.5 Å². The van der Waals surface area contributed by atoms with Gasteiger partial charge < -0.3 is 14.9 Å². The third-order valence-electron chi connectivity index (χ3n) is 8.17. The third kappa shape index (κ3) is 5.44. The number of nitrogens with zero attached hydrogens (tertiary/aromatic N) is 2. The normalized spacial score (nSPS) is 21.9. The fourth-order valence-electron chi connectivity index (χ4n) is 5.98. The van der Waals surface area contributed by atoms with E-state index in [9.17, 15) is 14.7 Å². The molecule has 2 amide bonds. The van der Waals surface area contributed by atoms with Gasteiger partial charge in [-0.15, -0.1) is 0 Å². The first kappa shape index (κ1) is 25.6. The summed E-state index contributed by atoms with van der Waals surface area (Å²) >= 11 is 13.4. The molecule has 1 aliphatic carbocycles. The van der Waals surface area contributed by atoms with Gasteiger partial charge in [0.1, 0.15) is 0 Å². The molecule has 1 unspecified atom stereocenters. The monoisotopic (exact) mass is 528 g/mol. The second kappa shape index (κ2) is 11.1. The number of carbonyl (C=O) groups excluding carboxylic acids is 2. The number of piperidine rings is 1. The molecule has 2 aromatic carbocycles. The number of benzene rings is 2. The van der Waals surface area contributed by atoms with Gasteiger partial charge in [0.2, 0.25) is 5.91 Å². The molecule has 1 N–H and O–H groups in total. The molecule has 0 aromatic heterocycles. The zero-order valence-corrected chi connectivity index (χ0v) is 22.1. The van der Waals surface area contributed by atoms with E-state index in [0.29, 0.717) is 54.0 Å². The number of aliphatic hydroxyl groups excluding tert-OH is 1. The zero-order chi connectivity index (χ0) is 25.2. The van der Waals surface area contributed by atoms with Crippen LogP contribution in [0.5, 0.6) is 0 Å².